The van der Waals surface area contributed by atoms with E-state index in [9.17, 15) is 4.79 Å². The number of hydrogen-bond acceptors (Lipinski definition) is 4. The van der Waals surface area contributed by atoms with Gasteiger partial charge in [-0.05, 0) is 19.1 Å². The molecule has 0 aliphatic rings. The number of hydrogen-bond donors (Lipinski definition) is 1. The van der Waals surface area contributed by atoms with Crippen LogP contribution in [0.1, 0.15) is 23.1 Å². The molecule has 0 aliphatic heterocycles. The van der Waals surface area contributed by atoms with E-state index in [0.717, 1.165) is 5.69 Å². The van der Waals surface area contributed by atoms with Crippen LogP contribution in [-0.4, -0.2) is 39.2 Å². The Hall–Kier alpha value is -2.37. The summed E-state index contributed by atoms with van der Waals surface area (Å²) in [6.45, 7) is 3.13. The van der Waals surface area contributed by atoms with Gasteiger partial charge < -0.3 is 10.6 Å². The molecular formula is C14H19N5O. The summed E-state index contributed by atoms with van der Waals surface area (Å²) >= 11 is 0. The van der Waals surface area contributed by atoms with Crippen molar-refractivity contribution in [2.24, 2.45) is 0 Å². The van der Waals surface area contributed by atoms with Crippen LogP contribution in [0, 0.1) is 0 Å². The number of nitrogens with two attached hydrogens (primary N) is 1. The van der Waals surface area contributed by atoms with Crippen LogP contribution >= 0.6 is 0 Å². The molecule has 0 saturated heterocycles. The average Bonchev–Trinajstić information content (AvgIpc) is 2.86. The Morgan fingerprint density at radius 1 is 1.45 bits per heavy atom. The highest BCUT2D eigenvalue weighted by Gasteiger charge is 2.19. The molecular weight excluding hydrogens is 254 g/mol. The Labute approximate surface area is 118 Å². The SMILES string of the molecule is CCn1ncc(N)c1C(=O)N(C)CCc1ccccn1. The Morgan fingerprint density at radius 3 is 2.90 bits per heavy atom. The van der Waals surface area contributed by atoms with E-state index < -0.39 is 0 Å². The zero-order chi connectivity index (χ0) is 14.5. The van der Waals surface area contributed by atoms with Crippen LogP contribution in [0.3, 0.4) is 0 Å². The van der Waals surface area contributed by atoms with Gasteiger partial charge in [-0.25, -0.2) is 0 Å². The Bertz CT molecular complexity index is 579. The maximum Gasteiger partial charge on any atom is 0.274 e. The van der Waals surface area contributed by atoms with E-state index in [0.29, 0.717) is 30.9 Å². The van der Waals surface area contributed by atoms with Crippen molar-refractivity contribution in [1.82, 2.24) is 19.7 Å². The first-order valence-electron chi connectivity index (χ1n) is 6.60. The molecule has 0 aromatic carbocycles. The first-order chi connectivity index (χ1) is 9.63. The van der Waals surface area contributed by atoms with Gasteiger partial charge in [-0.1, -0.05) is 6.07 Å². The number of pyridine rings is 1. The molecule has 1 amide bonds. The number of amides is 1. The van der Waals surface area contributed by atoms with Crippen LogP contribution in [0.4, 0.5) is 5.69 Å². The maximum atomic E-state index is 12.4. The van der Waals surface area contributed by atoms with Crippen LogP contribution in [0.5, 0.6) is 0 Å². The van der Waals surface area contributed by atoms with Gasteiger partial charge in [0.05, 0.1) is 11.9 Å². The number of nitrogen functional groups attached to an aromatic ring is 1. The lowest BCUT2D eigenvalue weighted by atomic mass is 10.2. The van der Waals surface area contributed by atoms with Gasteiger partial charge in [-0.15, -0.1) is 0 Å². The molecule has 2 aromatic rings. The summed E-state index contributed by atoms with van der Waals surface area (Å²) in [5.74, 6) is -0.113. The van der Waals surface area contributed by atoms with Gasteiger partial charge in [-0.2, -0.15) is 5.10 Å². The smallest absolute Gasteiger partial charge is 0.274 e. The molecule has 0 radical (unpaired) electrons. The van der Waals surface area contributed by atoms with Gasteiger partial charge in [-0.3, -0.25) is 14.5 Å². The van der Waals surface area contributed by atoms with Gasteiger partial charge in [0.1, 0.15) is 5.69 Å². The topological polar surface area (TPSA) is 77.0 Å². The zero-order valence-corrected chi connectivity index (χ0v) is 11.8. The van der Waals surface area contributed by atoms with E-state index in [2.05, 4.69) is 10.1 Å². The van der Waals surface area contributed by atoms with Crippen molar-refractivity contribution in [3.63, 3.8) is 0 Å². The van der Waals surface area contributed by atoms with Crippen LogP contribution in [0.15, 0.2) is 30.6 Å². The number of carbonyl (C=O) groups excluding carboxylic acids is 1. The summed E-state index contributed by atoms with van der Waals surface area (Å²) in [5.41, 5.74) is 7.65. The minimum Gasteiger partial charge on any atom is -0.396 e. The molecule has 106 valence electrons. The van der Waals surface area contributed by atoms with Crippen molar-refractivity contribution in [3.05, 3.63) is 42.0 Å². The lowest BCUT2D eigenvalue weighted by molar-refractivity contribution is 0.0785. The van der Waals surface area contributed by atoms with E-state index in [4.69, 9.17) is 5.73 Å². The van der Waals surface area contributed by atoms with Gasteiger partial charge in [0, 0.05) is 38.4 Å². The lowest BCUT2D eigenvalue weighted by Gasteiger charge is -2.17. The van der Waals surface area contributed by atoms with Crippen LogP contribution < -0.4 is 5.73 Å². The molecule has 2 rings (SSSR count). The predicted molar refractivity (Wildman–Crippen MR) is 77.2 cm³/mol. The fourth-order valence-electron chi connectivity index (χ4n) is 1.98. The average molecular weight is 273 g/mol. The Morgan fingerprint density at radius 2 is 2.25 bits per heavy atom. The number of anilines is 1. The molecule has 0 atom stereocenters. The fraction of sp³-hybridized carbons (Fsp3) is 0.357. The van der Waals surface area contributed by atoms with E-state index in [1.807, 2.05) is 25.1 Å². The van der Waals surface area contributed by atoms with E-state index in [1.165, 1.54) is 6.20 Å². The molecule has 0 aliphatic carbocycles. The summed E-state index contributed by atoms with van der Waals surface area (Å²) in [4.78, 5) is 18.3. The molecule has 0 fully saturated rings. The quantitative estimate of drug-likeness (QED) is 0.888. The van der Waals surface area contributed by atoms with Gasteiger partial charge in [0.2, 0.25) is 0 Å². The second-order valence-electron chi connectivity index (χ2n) is 4.56. The highest BCUT2D eigenvalue weighted by molar-refractivity contribution is 5.97. The summed E-state index contributed by atoms with van der Waals surface area (Å²) in [5, 5.41) is 4.09. The van der Waals surface area contributed by atoms with Crippen LogP contribution in [0.2, 0.25) is 0 Å². The fourth-order valence-corrected chi connectivity index (χ4v) is 1.98. The number of aryl methyl sites for hydroxylation is 1. The number of aromatic nitrogens is 3. The molecule has 0 spiro atoms. The standard InChI is InChI=1S/C14H19N5O/c1-3-19-13(12(15)10-17-19)14(20)18(2)9-7-11-6-4-5-8-16-11/h4-6,8,10H,3,7,9,15H2,1-2H3. The van der Waals surface area contributed by atoms with Crippen molar-refractivity contribution < 1.29 is 4.79 Å². The summed E-state index contributed by atoms with van der Waals surface area (Å²) in [6, 6.07) is 5.76. The van der Waals surface area contributed by atoms with Crippen LogP contribution in [-0.2, 0) is 13.0 Å². The Balaban J connectivity index is 2.03. The van der Waals surface area contributed by atoms with Gasteiger partial charge >= 0.3 is 0 Å². The second-order valence-corrected chi connectivity index (χ2v) is 4.56. The predicted octanol–water partition coefficient (Wildman–Crippen LogP) is 1.19. The van der Waals surface area contributed by atoms with E-state index in [1.54, 1.807) is 22.8 Å². The monoisotopic (exact) mass is 273 g/mol. The summed E-state index contributed by atoms with van der Waals surface area (Å²) in [6.07, 6.45) is 3.98. The Kier molecular flexibility index (Phi) is 4.34. The molecule has 6 heteroatoms. The van der Waals surface area contributed by atoms with Gasteiger partial charge in [0.15, 0.2) is 0 Å². The molecule has 6 nitrogen and oxygen atoms in total. The van der Waals surface area contributed by atoms with Gasteiger partial charge in [0.25, 0.3) is 5.91 Å². The number of carbonyl (C=O) groups is 1. The second kappa shape index (κ2) is 6.18. The van der Waals surface area contributed by atoms with E-state index >= 15 is 0 Å². The molecule has 0 saturated carbocycles. The molecule has 2 N–H and O–H groups in total. The number of likely N-dealkylation sites (N-methyl/N-ethyl adjacent to an activating group) is 1. The van der Waals surface area contributed by atoms with Crippen molar-refractivity contribution in [2.45, 2.75) is 19.9 Å². The van der Waals surface area contributed by atoms with Crippen molar-refractivity contribution in [2.75, 3.05) is 19.3 Å². The molecule has 2 aromatic heterocycles. The minimum atomic E-state index is -0.113. The highest BCUT2D eigenvalue weighted by Crippen LogP contribution is 2.13. The van der Waals surface area contributed by atoms with Crippen molar-refractivity contribution >= 4 is 11.6 Å². The third-order valence-electron chi connectivity index (χ3n) is 3.15. The first-order valence-corrected chi connectivity index (χ1v) is 6.60. The molecule has 20 heavy (non-hydrogen) atoms. The van der Waals surface area contributed by atoms with Crippen molar-refractivity contribution in [1.29, 1.82) is 0 Å². The van der Waals surface area contributed by atoms with E-state index in [-0.39, 0.29) is 5.91 Å². The summed E-state index contributed by atoms with van der Waals surface area (Å²) < 4.78 is 1.62. The van der Waals surface area contributed by atoms with Crippen molar-refractivity contribution in [3.8, 4) is 0 Å². The highest BCUT2D eigenvalue weighted by atomic mass is 16.2. The lowest BCUT2D eigenvalue weighted by Crippen LogP contribution is -2.31. The first kappa shape index (κ1) is 14.0. The van der Waals surface area contributed by atoms with Crippen LogP contribution in [0.25, 0.3) is 0 Å². The molecule has 0 unspecified atom stereocenters. The molecule has 2 heterocycles. The summed E-state index contributed by atoms with van der Waals surface area (Å²) in [7, 11) is 1.76. The maximum absolute atomic E-state index is 12.4. The normalized spacial score (nSPS) is 10.5. The third kappa shape index (κ3) is 2.96. The molecule has 0 bridgehead atoms. The number of nitrogens with zero attached hydrogens (tertiary/aromatic N) is 4. The third-order valence-corrected chi connectivity index (χ3v) is 3.15. The largest absolute Gasteiger partial charge is 0.396 e. The zero-order valence-electron chi connectivity index (χ0n) is 11.8. The minimum absolute atomic E-state index is 0.113. The number of rotatable bonds is 5.